The zero-order valence-electron chi connectivity index (χ0n) is 20.7. The highest BCUT2D eigenvalue weighted by Gasteiger charge is 2.11. The summed E-state index contributed by atoms with van der Waals surface area (Å²) in [6.45, 7) is 4.63. The van der Waals surface area contributed by atoms with E-state index in [2.05, 4.69) is 0 Å². The molecule has 0 saturated carbocycles. The fourth-order valence-corrected chi connectivity index (χ4v) is 3.48. The van der Waals surface area contributed by atoms with E-state index in [1.165, 1.54) is 6.07 Å². The van der Waals surface area contributed by atoms with Crippen molar-refractivity contribution in [2.75, 3.05) is 79.3 Å². The van der Waals surface area contributed by atoms with Gasteiger partial charge in [0.1, 0.15) is 32.0 Å². The summed E-state index contributed by atoms with van der Waals surface area (Å²) in [5.74, 6) is 2.30. The van der Waals surface area contributed by atoms with Crippen LogP contribution in [0.1, 0.15) is 0 Å². The van der Waals surface area contributed by atoms with Crippen LogP contribution in [0.25, 0.3) is 11.0 Å². The molecule has 0 spiro atoms. The molecule has 2 heterocycles. The molecule has 200 valence electrons. The van der Waals surface area contributed by atoms with Crippen molar-refractivity contribution in [3.05, 3.63) is 59.0 Å². The second-order valence-electron chi connectivity index (χ2n) is 7.88. The van der Waals surface area contributed by atoms with Gasteiger partial charge in [0.25, 0.3) is 0 Å². The Morgan fingerprint density at radius 3 is 1.41 bits per heavy atom. The Bertz CT molecular complexity index is 1150. The van der Waals surface area contributed by atoms with Gasteiger partial charge in [-0.3, -0.25) is 0 Å². The zero-order chi connectivity index (χ0) is 25.5. The lowest BCUT2D eigenvalue weighted by Gasteiger charge is -2.15. The van der Waals surface area contributed by atoms with Gasteiger partial charge in [-0.1, -0.05) is 12.1 Å². The smallest absolute Gasteiger partial charge is 0.336 e. The van der Waals surface area contributed by atoms with Gasteiger partial charge in [0.15, 0.2) is 23.0 Å². The summed E-state index contributed by atoms with van der Waals surface area (Å²) >= 11 is 0. The Morgan fingerprint density at radius 2 is 0.892 bits per heavy atom. The molecule has 0 fully saturated rings. The highest BCUT2D eigenvalue weighted by molar-refractivity contribution is 5.80. The summed E-state index contributed by atoms with van der Waals surface area (Å²) in [4.78, 5) is 11.6. The Labute approximate surface area is 214 Å². The Morgan fingerprint density at radius 1 is 0.459 bits per heavy atom. The van der Waals surface area contributed by atoms with Crippen LogP contribution in [0.4, 0.5) is 0 Å². The van der Waals surface area contributed by atoms with Crippen LogP contribution in [-0.4, -0.2) is 79.3 Å². The van der Waals surface area contributed by atoms with Crippen molar-refractivity contribution in [1.29, 1.82) is 0 Å². The lowest BCUT2D eigenvalue weighted by molar-refractivity contribution is 0.0223. The van der Waals surface area contributed by atoms with E-state index in [9.17, 15) is 4.79 Å². The molecule has 0 saturated heterocycles. The summed E-state index contributed by atoms with van der Waals surface area (Å²) in [6, 6.07) is 14.0. The molecule has 0 radical (unpaired) electrons. The molecular weight excluding hydrogens is 484 g/mol. The minimum Gasteiger partial charge on any atom is -0.487 e. The highest BCUT2D eigenvalue weighted by Crippen LogP contribution is 2.32. The van der Waals surface area contributed by atoms with Gasteiger partial charge in [-0.25, -0.2) is 4.79 Å². The minimum absolute atomic E-state index is 0.284. The summed E-state index contributed by atoms with van der Waals surface area (Å²) in [5, 5.41) is 0.728. The third-order valence-corrected chi connectivity index (χ3v) is 5.22. The first-order valence-electron chi connectivity index (χ1n) is 12.3. The summed E-state index contributed by atoms with van der Waals surface area (Å²) in [5.41, 5.74) is -0.0159. The molecule has 3 aromatic rings. The van der Waals surface area contributed by atoms with E-state index in [4.69, 9.17) is 42.3 Å². The van der Waals surface area contributed by atoms with Crippen LogP contribution in [-0.2, 0) is 18.9 Å². The number of hydrogen-bond donors (Lipinski definition) is 0. The van der Waals surface area contributed by atoms with Crippen molar-refractivity contribution < 1.29 is 42.3 Å². The number of para-hydroxylation sites is 2. The summed E-state index contributed by atoms with van der Waals surface area (Å²) in [6.07, 6.45) is 0. The molecule has 0 N–H and O–H groups in total. The van der Waals surface area contributed by atoms with E-state index in [0.29, 0.717) is 101 Å². The second kappa shape index (κ2) is 15.1. The third-order valence-electron chi connectivity index (χ3n) is 5.22. The van der Waals surface area contributed by atoms with Crippen molar-refractivity contribution in [1.82, 2.24) is 0 Å². The summed E-state index contributed by atoms with van der Waals surface area (Å²) < 4.78 is 51.0. The van der Waals surface area contributed by atoms with E-state index < -0.39 is 5.63 Å². The lowest BCUT2D eigenvalue weighted by Crippen LogP contribution is -2.15. The van der Waals surface area contributed by atoms with Gasteiger partial charge in [-0.2, -0.15) is 0 Å². The van der Waals surface area contributed by atoms with Crippen LogP contribution >= 0.6 is 0 Å². The van der Waals surface area contributed by atoms with E-state index in [-0.39, 0.29) is 6.61 Å². The molecule has 10 nitrogen and oxygen atoms in total. The average Bonchev–Trinajstić information content (AvgIpc) is 2.91. The van der Waals surface area contributed by atoms with Gasteiger partial charge in [0.2, 0.25) is 0 Å². The fraction of sp³-hybridized carbons (Fsp3) is 0.444. The molecular formula is C27H32O10. The average molecular weight is 517 g/mol. The van der Waals surface area contributed by atoms with Gasteiger partial charge in [0.05, 0.1) is 52.9 Å². The number of hydrogen-bond acceptors (Lipinski definition) is 10. The molecule has 1 aliphatic rings. The van der Waals surface area contributed by atoms with Gasteiger partial charge in [0, 0.05) is 17.5 Å². The largest absolute Gasteiger partial charge is 0.487 e. The van der Waals surface area contributed by atoms with Crippen LogP contribution in [0.15, 0.2) is 57.7 Å². The quantitative estimate of drug-likeness (QED) is 0.414. The van der Waals surface area contributed by atoms with Crippen molar-refractivity contribution >= 4 is 11.0 Å². The highest BCUT2D eigenvalue weighted by atomic mass is 16.6. The van der Waals surface area contributed by atoms with E-state index >= 15 is 0 Å². The number of rotatable bonds is 0. The van der Waals surface area contributed by atoms with Crippen LogP contribution < -0.4 is 24.6 Å². The molecule has 1 aromatic heterocycles. The third kappa shape index (κ3) is 8.94. The van der Waals surface area contributed by atoms with Gasteiger partial charge < -0.3 is 42.3 Å². The van der Waals surface area contributed by atoms with Crippen molar-refractivity contribution in [3.8, 4) is 23.0 Å². The van der Waals surface area contributed by atoms with E-state index in [1.54, 1.807) is 18.2 Å². The van der Waals surface area contributed by atoms with Gasteiger partial charge >= 0.3 is 5.63 Å². The lowest BCUT2D eigenvalue weighted by atomic mass is 10.2. The first kappa shape index (κ1) is 26.7. The van der Waals surface area contributed by atoms with Crippen LogP contribution in [0.2, 0.25) is 0 Å². The van der Waals surface area contributed by atoms with Crippen molar-refractivity contribution in [2.24, 2.45) is 0 Å². The fourth-order valence-electron chi connectivity index (χ4n) is 3.48. The molecule has 37 heavy (non-hydrogen) atoms. The number of fused-ring (bicyclic) bond motifs is 3. The Hall–Kier alpha value is -3.31. The maximum atomic E-state index is 11.6. The molecule has 1 aliphatic heterocycles. The molecule has 0 bridgehead atoms. The van der Waals surface area contributed by atoms with E-state index in [0.717, 1.165) is 5.39 Å². The van der Waals surface area contributed by atoms with Crippen LogP contribution in [0.5, 0.6) is 23.0 Å². The van der Waals surface area contributed by atoms with Crippen LogP contribution in [0, 0.1) is 0 Å². The monoisotopic (exact) mass is 516 g/mol. The molecule has 0 amide bonds. The number of ether oxygens (including phenoxy) is 8. The van der Waals surface area contributed by atoms with Crippen molar-refractivity contribution in [2.45, 2.75) is 0 Å². The predicted octanol–water partition coefficient (Wildman–Crippen LogP) is 3.09. The maximum absolute atomic E-state index is 11.6. The zero-order valence-corrected chi connectivity index (χ0v) is 20.7. The summed E-state index contributed by atoms with van der Waals surface area (Å²) in [7, 11) is 0. The SMILES string of the molecule is O=c1ccc2cc3c(cc2o1)OCCOCCOCCOc1ccccc1OCCOCCOCCO3. The minimum atomic E-state index is -0.432. The Balaban J connectivity index is 1.32. The number of benzene rings is 2. The van der Waals surface area contributed by atoms with Gasteiger partial charge in [-0.15, -0.1) is 0 Å². The molecule has 10 heteroatoms. The second-order valence-corrected chi connectivity index (χ2v) is 7.88. The molecule has 2 aromatic carbocycles. The maximum Gasteiger partial charge on any atom is 0.336 e. The first-order valence-corrected chi connectivity index (χ1v) is 12.3. The molecule has 0 aliphatic carbocycles. The molecule has 4 rings (SSSR count). The molecule has 0 atom stereocenters. The predicted molar refractivity (Wildman–Crippen MR) is 134 cm³/mol. The Kier molecular flexibility index (Phi) is 10.9. The normalized spacial score (nSPS) is 17.5. The molecule has 0 unspecified atom stereocenters. The first-order chi connectivity index (χ1) is 18.3. The van der Waals surface area contributed by atoms with E-state index in [1.807, 2.05) is 24.3 Å². The van der Waals surface area contributed by atoms with Crippen LogP contribution in [0.3, 0.4) is 0 Å². The van der Waals surface area contributed by atoms with Gasteiger partial charge in [-0.05, 0) is 24.3 Å². The topological polar surface area (TPSA) is 104 Å². The van der Waals surface area contributed by atoms with Crippen molar-refractivity contribution in [3.63, 3.8) is 0 Å². The standard InChI is InChI=1S/C27H32O10/c28-27-6-5-21-19-25-26(20-24(21)37-27)36-18-14-32-10-8-30-12-16-34-23-4-2-1-3-22(23)33-15-11-29-7-9-31-13-17-35-25/h1-6,19-20H,7-18H2.